The molecular formula is C25H30N2O6. The van der Waals surface area contributed by atoms with Crippen molar-refractivity contribution >= 4 is 18.0 Å². The Bertz CT molecular complexity index is 984. The Morgan fingerprint density at radius 2 is 1.55 bits per heavy atom. The summed E-state index contributed by atoms with van der Waals surface area (Å²) in [6.45, 7) is 5.30. The topological polar surface area (TPSA) is 114 Å². The second-order valence-electron chi connectivity index (χ2n) is 9.08. The van der Waals surface area contributed by atoms with E-state index in [1.54, 1.807) is 20.8 Å². The molecule has 0 aliphatic heterocycles. The first-order valence-electron chi connectivity index (χ1n) is 10.8. The standard InChI is InChI=1S/C25H30N2O6/c1-25(2,3)21(22(28)26-13-20(32-4)23(29)30)27-24(31)33-14-19-17-11-7-5-9-15(17)16-10-6-8-12-18(16)19/h5-12,19-21H,13-14H2,1-4H3,(H,26,28)(H,27,31)(H,29,30). The number of carbonyl (C=O) groups excluding carboxylic acids is 2. The predicted octanol–water partition coefficient (Wildman–Crippen LogP) is 3.16. The SMILES string of the molecule is COC(CNC(=O)C(NC(=O)OCC1c2ccccc2-c2ccccc21)C(C)(C)C)C(=O)O. The van der Waals surface area contributed by atoms with Crippen molar-refractivity contribution in [2.24, 2.45) is 5.41 Å². The molecule has 1 aliphatic rings. The number of amides is 2. The molecule has 2 aromatic carbocycles. The lowest BCUT2D eigenvalue weighted by atomic mass is 9.86. The van der Waals surface area contributed by atoms with Crippen molar-refractivity contribution in [2.75, 3.05) is 20.3 Å². The van der Waals surface area contributed by atoms with E-state index in [0.717, 1.165) is 22.3 Å². The summed E-state index contributed by atoms with van der Waals surface area (Å²) in [7, 11) is 1.25. The average molecular weight is 455 g/mol. The summed E-state index contributed by atoms with van der Waals surface area (Å²) >= 11 is 0. The molecule has 1 aliphatic carbocycles. The molecule has 2 atom stereocenters. The van der Waals surface area contributed by atoms with Crippen molar-refractivity contribution in [3.8, 4) is 11.1 Å². The Hall–Kier alpha value is -3.39. The number of aliphatic carboxylic acids is 1. The van der Waals surface area contributed by atoms with Crippen LogP contribution in [0.2, 0.25) is 0 Å². The number of nitrogens with one attached hydrogen (secondary N) is 2. The van der Waals surface area contributed by atoms with Crippen LogP contribution in [0.3, 0.4) is 0 Å². The fourth-order valence-electron chi connectivity index (χ4n) is 4.00. The average Bonchev–Trinajstić information content (AvgIpc) is 3.09. The highest BCUT2D eigenvalue weighted by Gasteiger charge is 2.35. The molecule has 0 saturated heterocycles. The number of fused-ring (bicyclic) bond motifs is 3. The number of hydrogen-bond donors (Lipinski definition) is 3. The highest BCUT2D eigenvalue weighted by molar-refractivity contribution is 5.87. The number of carboxylic acids is 1. The summed E-state index contributed by atoms with van der Waals surface area (Å²) in [6.07, 6.45) is -1.89. The van der Waals surface area contributed by atoms with Gasteiger partial charge in [-0.3, -0.25) is 4.79 Å². The monoisotopic (exact) mass is 454 g/mol. The van der Waals surface area contributed by atoms with E-state index in [4.69, 9.17) is 14.6 Å². The number of hydrogen-bond acceptors (Lipinski definition) is 5. The van der Waals surface area contributed by atoms with Crippen LogP contribution >= 0.6 is 0 Å². The summed E-state index contributed by atoms with van der Waals surface area (Å²) in [4.78, 5) is 36.5. The van der Waals surface area contributed by atoms with Gasteiger partial charge in [0.15, 0.2) is 6.10 Å². The summed E-state index contributed by atoms with van der Waals surface area (Å²) in [5.74, 6) is -1.79. The highest BCUT2D eigenvalue weighted by atomic mass is 16.5. The lowest BCUT2D eigenvalue weighted by Gasteiger charge is -2.30. The van der Waals surface area contributed by atoms with Crippen LogP contribution in [0.1, 0.15) is 37.8 Å². The number of methoxy groups -OCH3 is 1. The van der Waals surface area contributed by atoms with Crippen molar-refractivity contribution in [1.29, 1.82) is 0 Å². The van der Waals surface area contributed by atoms with E-state index in [-0.39, 0.29) is 19.1 Å². The van der Waals surface area contributed by atoms with Gasteiger partial charge in [-0.2, -0.15) is 0 Å². The number of alkyl carbamates (subject to hydrolysis) is 1. The number of rotatable bonds is 8. The molecule has 2 amide bonds. The molecular weight excluding hydrogens is 424 g/mol. The third-order valence-electron chi connectivity index (χ3n) is 5.76. The van der Waals surface area contributed by atoms with Gasteiger partial charge in [0.25, 0.3) is 0 Å². The minimum absolute atomic E-state index is 0.0944. The maximum atomic E-state index is 12.7. The van der Waals surface area contributed by atoms with Crippen molar-refractivity contribution in [2.45, 2.75) is 38.8 Å². The summed E-state index contributed by atoms with van der Waals surface area (Å²) in [5, 5.41) is 14.3. The van der Waals surface area contributed by atoms with Gasteiger partial charge >= 0.3 is 12.1 Å². The Kier molecular flexibility index (Phi) is 7.38. The van der Waals surface area contributed by atoms with Crippen LogP contribution in [-0.2, 0) is 19.1 Å². The molecule has 0 spiro atoms. The molecule has 8 nitrogen and oxygen atoms in total. The van der Waals surface area contributed by atoms with E-state index >= 15 is 0 Å². The van der Waals surface area contributed by atoms with Gasteiger partial charge in [0.2, 0.25) is 5.91 Å². The Labute approximate surface area is 193 Å². The van der Waals surface area contributed by atoms with Gasteiger partial charge in [0.05, 0.1) is 6.54 Å². The van der Waals surface area contributed by atoms with E-state index in [1.807, 2.05) is 36.4 Å². The molecule has 33 heavy (non-hydrogen) atoms. The molecule has 0 saturated carbocycles. The van der Waals surface area contributed by atoms with Gasteiger partial charge in [0.1, 0.15) is 12.6 Å². The molecule has 0 heterocycles. The minimum atomic E-state index is -1.19. The Balaban J connectivity index is 1.66. The number of carbonyl (C=O) groups is 3. The van der Waals surface area contributed by atoms with Gasteiger partial charge in [-0.05, 0) is 27.7 Å². The van der Waals surface area contributed by atoms with Gasteiger partial charge in [0, 0.05) is 13.0 Å². The molecule has 8 heteroatoms. The zero-order valence-electron chi connectivity index (χ0n) is 19.3. The third-order valence-corrected chi connectivity index (χ3v) is 5.76. The fourth-order valence-corrected chi connectivity index (χ4v) is 4.00. The zero-order valence-corrected chi connectivity index (χ0v) is 19.3. The van der Waals surface area contributed by atoms with E-state index in [0.29, 0.717) is 0 Å². The normalized spacial score (nSPS) is 14.5. The van der Waals surface area contributed by atoms with E-state index in [9.17, 15) is 14.4 Å². The van der Waals surface area contributed by atoms with Crippen molar-refractivity contribution in [1.82, 2.24) is 10.6 Å². The molecule has 0 radical (unpaired) electrons. The van der Waals surface area contributed by atoms with Crippen LogP contribution in [0.15, 0.2) is 48.5 Å². The largest absolute Gasteiger partial charge is 0.479 e. The summed E-state index contributed by atoms with van der Waals surface area (Å²) in [6, 6.07) is 15.1. The third kappa shape index (κ3) is 5.51. The van der Waals surface area contributed by atoms with Gasteiger partial charge in [-0.25, -0.2) is 9.59 Å². The van der Waals surface area contributed by atoms with E-state index in [2.05, 4.69) is 22.8 Å². The van der Waals surface area contributed by atoms with E-state index < -0.39 is 35.5 Å². The van der Waals surface area contributed by atoms with Crippen LogP contribution in [0.5, 0.6) is 0 Å². The van der Waals surface area contributed by atoms with Gasteiger partial charge < -0.3 is 25.2 Å². The van der Waals surface area contributed by atoms with Crippen molar-refractivity contribution in [3.05, 3.63) is 59.7 Å². The highest BCUT2D eigenvalue weighted by Crippen LogP contribution is 2.44. The first-order chi connectivity index (χ1) is 15.6. The maximum Gasteiger partial charge on any atom is 0.407 e. The summed E-state index contributed by atoms with van der Waals surface area (Å²) in [5.41, 5.74) is 3.80. The molecule has 2 unspecified atom stereocenters. The van der Waals surface area contributed by atoms with Crippen LogP contribution in [0.25, 0.3) is 11.1 Å². The van der Waals surface area contributed by atoms with Gasteiger partial charge in [-0.1, -0.05) is 69.3 Å². The fraction of sp³-hybridized carbons (Fsp3) is 0.400. The minimum Gasteiger partial charge on any atom is -0.479 e. The van der Waals surface area contributed by atoms with Crippen LogP contribution < -0.4 is 10.6 Å². The van der Waals surface area contributed by atoms with Crippen LogP contribution in [0, 0.1) is 5.41 Å². The van der Waals surface area contributed by atoms with E-state index in [1.165, 1.54) is 7.11 Å². The van der Waals surface area contributed by atoms with Crippen molar-refractivity contribution in [3.63, 3.8) is 0 Å². The van der Waals surface area contributed by atoms with Crippen LogP contribution in [0.4, 0.5) is 4.79 Å². The quantitative estimate of drug-likeness (QED) is 0.565. The molecule has 176 valence electrons. The maximum absolute atomic E-state index is 12.7. The second kappa shape index (κ2) is 10.0. The lowest BCUT2D eigenvalue weighted by Crippen LogP contribution is -2.55. The zero-order chi connectivity index (χ0) is 24.2. The number of benzene rings is 2. The molecule has 0 fully saturated rings. The predicted molar refractivity (Wildman–Crippen MR) is 123 cm³/mol. The molecule has 2 aromatic rings. The molecule has 3 N–H and O–H groups in total. The van der Waals surface area contributed by atoms with Gasteiger partial charge in [-0.15, -0.1) is 0 Å². The number of ether oxygens (including phenoxy) is 2. The summed E-state index contributed by atoms with van der Waals surface area (Å²) < 4.78 is 10.4. The smallest absolute Gasteiger partial charge is 0.407 e. The van der Waals surface area contributed by atoms with Crippen molar-refractivity contribution < 1.29 is 29.0 Å². The molecule has 0 aromatic heterocycles. The van der Waals surface area contributed by atoms with Crippen LogP contribution in [-0.4, -0.2) is 55.5 Å². The Morgan fingerprint density at radius 3 is 2.03 bits per heavy atom. The molecule has 3 rings (SSSR count). The lowest BCUT2D eigenvalue weighted by molar-refractivity contribution is -0.148. The molecule has 0 bridgehead atoms. The second-order valence-corrected chi connectivity index (χ2v) is 9.08. The number of carboxylic acid groups (broad SMARTS) is 1. The Morgan fingerprint density at radius 1 is 1.00 bits per heavy atom. The first kappa shape index (κ1) is 24.3. The first-order valence-corrected chi connectivity index (χ1v) is 10.8.